The van der Waals surface area contributed by atoms with Crippen LogP contribution in [-0.4, -0.2) is 55.8 Å². The zero-order valence-electron chi connectivity index (χ0n) is 8.69. The van der Waals surface area contributed by atoms with E-state index < -0.39 is 0 Å². The Hall–Kier alpha value is -0.160. The predicted octanol–water partition coefficient (Wildman–Crippen LogP) is 0.0620. The molecule has 82 valence electrons. The third-order valence-corrected chi connectivity index (χ3v) is 3.03. The third-order valence-electron chi connectivity index (χ3n) is 3.03. The van der Waals surface area contributed by atoms with Crippen LogP contribution in [0.1, 0.15) is 12.8 Å². The van der Waals surface area contributed by atoms with Crippen LogP contribution in [0.4, 0.5) is 0 Å². The van der Waals surface area contributed by atoms with Gasteiger partial charge in [-0.2, -0.15) is 0 Å². The highest BCUT2D eigenvalue weighted by atomic mass is 16.7. The fraction of sp³-hybridized carbons (Fsp3) is 1.00. The molecule has 2 rings (SSSR count). The molecule has 0 radical (unpaired) electrons. The maximum atomic E-state index is 8.87. The number of aliphatic hydroxyl groups is 1. The quantitative estimate of drug-likeness (QED) is 0.701. The molecule has 0 spiro atoms. The van der Waals surface area contributed by atoms with Crippen molar-refractivity contribution in [2.24, 2.45) is 5.92 Å². The lowest BCUT2D eigenvalue weighted by molar-refractivity contribution is -0.0769. The van der Waals surface area contributed by atoms with Crippen molar-refractivity contribution in [3.63, 3.8) is 0 Å². The third kappa shape index (κ3) is 2.45. The first kappa shape index (κ1) is 10.4. The Balaban J connectivity index is 1.71. The Kier molecular flexibility index (Phi) is 3.38. The molecule has 0 amide bonds. The van der Waals surface area contributed by atoms with Crippen molar-refractivity contribution in [1.29, 1.82) is 0 Å². The smallest absolute Gasteiger partial charge is 0.158 e. The molecule has 3 unspecified atom stereocenters. The Labute approximate surface area is 84.8 Å². The monoisotopic (exact) mass is 201 g/mol. The van der Waals surface area contributed by atoms with E-state index in [9.17, 15) is 0 Å². The van der Waals surface area contributed by atoms with E-state index >= 15 is 0 Å². The zero-order chi connectivity index (χ0) is 9.97. The standard InChI is InChI=1S/C10H19NO3/c1-11-3-2-8(5-11)4-10-13-7-9(6-12)14-10/h8-10,12H,2-7H2,1H3. The van der Waals surface area contributed by atoms with Gasteiger partial charge in [0.05, 0.1) is 13.2 Å². The summed E-state index contributed by atoms with van der Waals surface area (Å²) in [6.45, 7) is 2.94. The number of hydrogen-bond acceptors (Lipinski definition) is 4. The number of ether oxygens (including phenoxy) is 2. The Morgan fingerprint density at radius 2 is 2.36 bits per heavy atom. The van der Waals surface area contributed by atoms with E-state index in [1.807, 2.05) is 0 Å². The summed E-state index contributed by atoms with van der Waals surface area (Å²) in [6, 6.07) is 0. The molecule has 3 atom stereocenters. The molecule has 4 heteroatoms. The molecule has 0 bridgehead atoms. The van der Waals surface area contributed by atoms with Crippen LogP contribution in [0.25, 0.3) is 0 Å². The van der Waals surface area contributed by atoms with Crippen molar-refractivity contribution >= 4 is 0 Å². The minimum atomic E-state index is -0.0980. The van der Waals surface area contributed by atoms with Gasteiger partial charge in [0.2, 0.25) is 0 Å². The second-order valence-corrected chi connectivity index (χ2v) is 4.36. The maximum absolute atomic E-state index is 8.87. The van der Waals surface area contributed by atoms with Crippen molar-refractivity contribution in [3.05, 3.63) is 0 Å². The molecule has 4 nitrogen and oxygen atoms in total. The zero-order valence-corrected chi connectivity index (χ0v) is 8.69. The first-order chi connectivity index (χ1) is 6.78. The summed E-state index contributed by atoms with van der Waals surface area (Å²) in [4.78, 5) is 2.34. The van der Waals surface area contributed by atoms with Crippen LogP contribution in [0, 0.1) is 5.92 Å². The summed E-state index contributed by atoms with van der Waals surface area (Å²) in [5, 5.41) is 8.87. The van der Waals surface area contributed by atoms with Crippen molar-refractivity contribution < 1.29 is 14.6 Å². The molecule has 2 aliphatic rings. The summed E-state index contributed by atoms with van der Waals surface area (Å²) < 4.78 is 11.0. The van der Waals surface area contributed by atoms with Crippen LogP contribution in [0.3, 0.4) is 0 Å². The highest BCUT2D eigenvalue weighted by Crippen LogP contribution is 2.24. The van der Waals surface area contributed by atoms with Gasteiger partial charge in [-0.05, 0) is 25.9 Å². The average Bonchev–Trinajstić information content (AvgIpc) is 2.76. The molecule has 0 aliphatic carbocycles. The Bertz CT molecular complexity index is 188. The highest BCUT2D eigenvalue weighted by Gasteiger charge is 2.30. The van der Waals surface area contributed by atoms with Crippen molar-refractivity contribution in [3.8, 4) is 0 Å². The van der Waals surface area contributed by atoms with Crippen molar-refractivity contribution in [2.45, 2.75) is 25.2 Å². The van der Waals surface area contributed by atoms with E-state index in [1.54, 1.807) is 0 Å². The van der Waals surface area contributed by atoms with Gasteiger partial charge in [0.25, 0.3) is 0 Å². The second kappa shape index (κ2) is 4.57. The van der Waals surface area contributed by atoms with E-state index in [0.29, 0.717) is 12.5 Å². The lowest BCUT2D eigenvalue weighted by Crippen LogP contribution is -2.20. The molecule has 2 fully saturated rings. The number of hydrogen-bond donors (Lipinski definition) is 1. The molecule has 0 aromatic heterocycles. The first-order valence-electron chi connectivity index (χ1n) is 5.34. The van der Waals surface area contributed by atoms with E-state index in [2.05, 4.69) is 11.9 Å². The maximum Gasteiger partial charge on any atom is 0.158 e. The van der Waals surface area contributed by atoms with Gasteiger partial charge in [-0.1, -0.05) is 0 Å². The van der Waals surface area contributed by atoms with Gasteiger partial charge in [0.15, 0.2) is 6.29 Å². The van der Waals surface area contributed by atoms with Crippen molar-refractivity contribution in [1.82, 2.24) is 4.90 Å². The van der Waals surface area contributed by atoms with E-state index in [1.165, 1.54) is 13.0 Å². The van der Waals surface area contributed by atoms with Gasteiger partial charge < -0.3 is 19.5 Å². The first-order valence-corrected chi connectivity index (χ1v) is 5.34. The molecule has 2 heterocycles. The molecule has 1 N–H and O–H groups in total. The molecule has 0 aromatic carbocycles. The average molecular weight is 201 g/mol. The minimum absolute atomic E-state index is 0.0705. The molecule has 2 aliphatic heterocycles. The number of aliphatic hydroxyl groups excluding tert-OH is 1. The van der Waals surface area contributed by atoms with Gasteiger partial charge in [0, 0.05) is 13.0 Å². The summed E-state index contributed by atoms with van der Waals surface area (Å²) in [5.41, 5.74) is 0. The highest BCUT2D eigenvalue weighted by molar-refractivity contribution is 4.76. The van der Waals surface area contributed by atoms with Crippen LogP contribution in [0.2, 0.25) is 0 Å². The molecular formula is C10H19NO3. The SMILES string of the molecule is CN1CCC(CC2OCC(CO)O2)C1. The molecule has 0 aromatic rings. The summed E-state index contributed by atoms with van der Waals surface area (Å²) in [5.74, 6) is 0.697. The Morgan fingerprint density at radius 1 is 1.50 bits per heavy atom. The van der Waals surface area contributed by atoms with E-state index in [4.69, 9.17) is 14.6 Å². The number of nitrogens with zero attached hydrogens (tertiary/aromatic N) is 1. The minimum Gasteiger partial charge on any atom is -0.394 e. The number of likely N-dealkylation sites (tertiary alicyclic amines) is 1. The topological polar surface area (TPSA) is 41.9 Å². The van der Waals surface area contributed by atoms with Gasteiger partial charge in [-0.25, -0.2) is 0 Å². The van der Waals surface area contributed by atoms with Gasteiger partial charge in [0.1, 0.15) is 6.10 Å². The fourth-order valence-electron chi connectivity index (χ4n) is 2.22. The van der Waals surface area contributed by atoms with Crippen LogP contribution in [0.15, 0.2) is 0 Å². The van der Waals surface area contributed by atoms with Crippen LogP contribution >= 0.6 is 0 Å². The second-order valence-electron chi connectivity index (χ2n) is 4.36. The Morgan fingerprint density at radius 3 is 2.93 bits per heavy atom. The van der Waals surface area contributed by atoms with Gasteiger partial charge in [-0.3, -0.25) is 0 Å². The van der Waals surface area contributed by atoms with E-state index in [-0.39, 0.29) is 19.0 Å². The van der Waals surface area contributed by atoms with Crippen LogP contribution < -0.4 is 0 Å². The number of rotatable bonds is 3. The molecular weight excluding hydrogens is 182 g/mol. The summed E-state index contributed by atoms with van der Waals surface area (Å²) in [7, 11) is 2.15. The summed E-state index contributed by atoms with van der Waals surface area (Å²) >= 11 is 0. The van der Waals surface area contributed by atoms with Gasteiger partial charge >= 0.3 is 0 Å². The van der Waals surface area contributed by atoms with Crippen LogP contribution in [-0.2, 0) is 9.47 Å². The molecule has 14 heavy (non-hydrogen) atoms. The largest absolute Gasteiger partial charge is 0.394 e. The predicted molar refractivity (Wildman–Crippen MR) is 51.9 cm³/mol. The molecule has 2 saturated heterocycles. The van der Waals surface area contributed by atoms with Crippen molar-refractivity contribution in [2.75, 3.05) is 33.4 Å². The summed E-state index contributed by atoms with van der Waals surface area (Å²) in [6.07, 6.45) is 2.03. The molecule has 0 saturated carbocycles. The normalized spacial score (nSPS) is 39.4. The fourth-order valence-corrected chi connectivity index (χ4v) is 2.22. The lowest BCUT2D eigenvalue weighted by Gasteiger charge is -2.15. The lowest BCUT2D eigenvalue weighted by atomic mass is 10.1. The van der Waals surface area contributed by atoms with Gasteiger partial charge in [-0.15, -0.1) is 0 Å². The van der Waals surface area contributed by atoms with E-state index in [0.717, 1.165) is 13.0 Å². The van der Waals surface area contributed by atoms with Crippen LogP contribution in [0.5, 0.6) is 0 Å².